The molecule has 1 heteroatoms. The maximum atomic E-state index is 3.36. The molecule has 0 amide bonds. The summed E-state index contributed by atoms with van der Waals surface area (Å²) >= 11 is 0. The highest BCUT2D eigenvalue weighted by Crippen LogP contribution is 2.27. The molecule has 0 atom stereocenters. The summed E-state index contributed by atoms with van der Waals surface area (Å²) in [5, 5.41) is 3.36. The van der Waals surface area contributed by atoms with Gasteiger partial charge >= 0.3 is 0 Å². The van der Waals surface area contributed by atoms with Crippen molar-refractivity contribution >= 4 is 0 Å². The molecule has 0 aliphatic heterocycles. The highest BCUT2D eigenvalue weighted by Gasteiger charge is 2.19. The van der Waals surface area contributed by atoms with Crippen molar-refractivity contribution < 1.29 is 0 Å². The molecule has 1 aliphatic carbocycles. The Kier molecular flexibility index (Phi) is 2.78. The second kappa shape index (κ2) is 3.67. The van der Waals surface area contributed by atoms with Gasteiger partial charge in [-0.05, 0) is 32.2 Å². The first-order chi connectivity index (χ1) is 4.43. The van der Waals surface area contributed by atoms with Gasteiger partial charge in [0.1, 0.15) is 0 Å². The molecule has 1 N–H and O–H groups in total. The summed E-state index contributed by atoms with van der Waals surface area (Å²) in [6.45, 7) is 4.33. The molecule has 1 rings (SSSR count). The van der Waals surface area contributed by atoms with Crippen LogP contribution in [0.2, 0.25) is 0 Å². The molecule has 0 bridgehead atoms. The molecule has 0 radical (unpaired) electrons. The van der Waals surface area contributed by atoms with Crippen LogP contribution in [0.25, 0.3) is 0 Å². The zero-order chi connectivity index (χ0) is 6.53. The topological polar surface area (TPSA) is 12.0 Å². The summed E-state index contributed by atoms with van der Waals surface area (Å²) in [5.74, 6) is 1.01. The van der Waals surface area contributed by atoms with Crippen LogP contribution in [0.4, 0.5) is 0 Å². The number of nitrogens with one attached hydrogen (secondary N) is 1. The number of hydrogen-bond donors (Lipinski definition) is 1. The Morgan fingerprint density at radius 3 is 2.89 bits per heavy atom. The minimum atomic E-state index is 1.01. The molecule has 0 spiro atoms. The van der Waals surface area contributed by atoms with E-state index in [2.05, 4.69) is 24.4 Å². The average Bonchev–Trinajstić information content (AvgIpc) is 2.63. The first-order valence-corrected chi connectivity index (χ1v) is 3.75. The average molecular weight is 125 g/mol. The molecule has 1 nitrogen and oxygen atoms in total. The van der Waals surface area contributed by atoms with Gasteiger partial charge in [0.15, 0.2) is 0 Å². The van der Waals surface area contributed by atoms with Crippen LogP contribution in [0.5, 0.6) is 0 Å². The van der Waals surface area contributed by atoms with Gasteiger partial charge in [-0.2, -0.15) is 0 Å². The monoisotopic (exact) mass is 125 g/mol. The van der Waals surface area contributed by atoms with E-state index in [0.29, 0.717) is 0 Å². The largest absolute Gasteiger partial charge is 0.313 e. The Hall–Kier alpha value is -0.300. The predicted octanol–water partition coefficient (Wildman–Crippen LogP) is 1.56. The Morgan fingerprint density at radius 1 is 1.56 bits per heavy atom. The van der Waals surface area contributed by atoms with E-state index in [1.807, 2.05) is 0 Å². The van der Waals surface area contributed by atoms with E-state index in [-0.39, 0.29) is 0 Å². The first-order valence-electron chi connectivity index (χ1n) is 3.75. The summed E-state index contributed by atoms with van der Waals surface area (Å²) in [7, 11) is 0. The summed E-state index contributed by atoms with van der Waals surface area (Å²) in [4.78, 5) is 0. The molecule has 0 aromatic heterocycles. The second-order valence-electron chi connectivity index (χ2n) is 2.67. The maximum Gasteiger partial charge on any atom is 0.0134 e. The lowest BCUT2D eigenvalue weighted by atomic mass is 10.4. The fraction of sp³-hybridized carbons (Fsp3) is 0.750. The van der Waals surface area contributed by atoms with E-state index in [1.165, 1.54) is 19.4 Å². The first kappa shape index (κ1) is 6.81. The highest BCUT2D eigenvalue weighted by molar-refractivity contribution is 4.82. The van der Waals surface area contributed by atoms with Crippen LogP contribution in [0.1, 0.15) is 19.8 Å². The summed E-state index contributed by atoms with van der Waals surface area (Å²) < 4.78 is 0. The molecule has 1 fully saturated rings. The van der Waals surface area contributed by atoms with E-state index < -0.39 is 0 Å². The van der Waals surface area contributed by atoms with Gasteiger partial charge in [0.2, 0.25) is 0 Å². The maximum absolute atomic E-state index is 3.36. The fourth-order valence-corrected chi connectivity index (χ4v) is 0.811. The Labute approximate surface area is 57.1 Å². The van der Waals surface area contributed by atoms with Crippen molar-refractivity contribution in [2.45, 2.75) is 19.8 Å². The highest BCUT2D eigenvalue weighted by atomic mass is 14.9. The molecule has 0 unspecified atom stereocenters. The Bertz CT molecular complexity index is 92.7. The second-order valence-corrected chi connectivity index (χ2v) is 2.67. The van der Waals surface area contributed by atoms with Gasteiger partial charge in [-0.1, -0.05) is 12.2 Å². The molecule has 0 aromatic carbocycles. The molecule has 1 saturated carbocycles. The number of rotatable bonds is 4. The third-order valence-corrected chi connectivity index (χ3v) is 1.63. The smallest absolute Gasteiger partial charge is 0.0134 e. The summed E-state index contributed by atoms with van der Waals surface area (Å²) in [6, 6.07) is 0. The number of hydrogen-bond acceptors (Lipinski definition) is 1. The lowest BCUT2D eigenvalue weighted by molar-refractivity contribution is 0.682. The lowest BCUT2D eigenvalue weighted by Gasteiger charge is -1.95. The third-order valence-electron chi connectivity index (χ3n) is 1.63. The van der Waals surface area contributed by atoms with Crippen molar-refractivity contribution in [1.29, 1.82) is 0 Å². The van der Waals surface area contributed by atoms with Crippen LogP contribution in [-0.2, 0) is 0 Å². The van der Waals surface area contributed by atoms with Crippen LogP contribution < -0.4 is 5.32 Å². The van der Waals surface area contributed by atoms with Gasteiger partial charge in [0.05, 0.1) is 0 Å². The van der Waals surface area contributed by atoms with Gasteiger partial charge in [0.25, 0.3) is 0 Å². The zero-order valence-electron chi connectivity index (χ0n) is 6.06. The van der Waals surface area contributed by atoms with Crippen LogP contribution in [0.3, 0.4) is 0 Å². The minimum absolute atomic E-state index is 1.01. The molecule has 0 aromatic rings. The third kappa shape index (κ3) is 3.31. The van der Waals surface area contributed by atoms with Crippen LogP contribution in [0.15, 0.2) is 12.2 Å². The van der Waals surface area contributed by atoms with Crippen molar-refractivity contribution in [3.8, 4) is 0 Å². The van der Waals surface area contributed by atoms with E-state index in [0.717, 1.165) is 12.5 Å². The van der Waals surface area contributed by atoms with Crippen molar-refractivity contribution in [1.82, 2.24) is 5.32 Å². The van der Waals surface area contributed by atoms with Crippen molar-refractivity contribution in [2.24, 2.45) is 5.92 Å². The van der Waals surface area contributed by atoms with Gasteiger partial charge in [-0.3, -0.25) is 0 Å². The Balaban J connectivity index is 1.81. The van der Waals surface area contributed by atoms with Crippen molar-refractivity contribution in [2.75, 3.05) is 13.1 Å². The molecule has 52 valence electrons. The molecule has 0 saturated heterocycles. The van der Waals surface area contributed by atoms with E-state index in [9.17, 15) is 0 Å². The minimum Gasteiger partial charge on any atom is -0.313 e. The van der Waals surface area contributed by atoms with Gasteiger partial charge in [-0.15, -0.1) is 0 Å². The van der Waals surface area contributed by atoms with Gasteiger partial charge in [0, 0.05) is 6.54 Å². The molecule has 1 aliphatic rings. The van der Waals surface area contributed by atoms with Gasteiger partial charge < -0.3 is 5.32 Å². The van der Waals surface area contributed by atoms with E-state index in [1.54, 1.807) is 0 Å². The van der Waals surface area contributed by atoms with E-state index in [4.69, 9.17) is 0 Å². The van der Waals surface area contributed by atoms with E-state index >= 15 is 0 Å². The summed E-state index contributed by atoms with van der Waals surface area (Å²) in [6.07, 6.45) is 7.13. The molecular formula is C8H15N. The zero-order valence-corrected chi connectivity index (χ0v) is 6.06. The lowest BCUT2D eigenvalue weighted by Crippen LogP contribution is -2.16. The quantitative estimate of drug-likeness (QED) is 0.444. The number of allylic oxidation sites excluding steroid dienone is 1. The standard InChI is InChI=1S/C8H15N/c1-2-3-6-9-7-8-4-5-8/h2-3,8-9H,4-7H2,1H3/b3-2+. The molecular weight excluding hydrogens is 110 g/mol. The molecule has 0 heterocycles. The van der Waals surface area contributed by atoms with Crippen LogP contribution >= 0.6 is 0 Å². The Morgan fingerprint density at radius 2 is 2.33 bits per heavy atom. The van der Waals surface area contributed by atoms with Crippen molar-refractivity contribution in [3.63, 3.8) is 0 Å². The normalized spacial score (nSPS) is 19.2. The van der Waals surface area contributed by atoms with Crippen molar-refractivity contribution in [3.05, 3.63) is 12.2 Å². The van der Waals surface area contributed by atoms with Gasteiger partial charge in [-0.25, -0.2) is 0 Å². The van der Waals surface area contributed by atoms with Crippen LogP contribution in [-0.4, -0.2) is 13.1 Å². The van der Waals surface area contributed by atoms with Crippen LogP contribution in [0, 0.1) is 5.92 Å². The SMILES string of the molecule is C/C=C/CNCC1CC1. The predicted molar refractivity (Wildman–Crippen MR) is 40.4 cm³/mol. The summed E-state index contributed by atoms with van der Waals surface area (Å²) in [5.41, 5.74) is 0. The molecule has 9 heavy (non-hydrogen) atoms. The fourth-order valence-electron chi connectivity index (χ4n) is 0.811.